The molecule has 3 atom stereocenters. The zero-order valence-corrected chi connectivity index (χ0v) is 17.0. The van der Waals surface area contributed by atoms with Gasteiger partial charge in [0.1, 0.15) is 0 Å². The Balaban J connectivity index is 1.45. The Morgan fingerprint density at radius 3 is 2.54 bits per heavy atom. The normalized spacial score (nSPS) is 33.6. The van der Waals surface area contributed by atoms with Crippen LogP contribution in [0.2, 0.25) is 0 Å². The van der Waals surface area contributed by atoms with Crippen LogP contribution < -0.4 is 11.1 Å². The van der Waals surface area contributed by atoms with Gasteiger partial charge in [0.15, 0.2) is 5.13 Å². The monoisotopic (exact) mass is 397 g/mol. The fourth-order valence-corrected chi connectivity index (χ4v) is 6.39. The van der Waals surface area contributed by atoms with E-state index in [0.717, 1.165) is 49.8 Å². The Morgan fingerprint density at radius 1 is 1.25 bits per heavy atom. The average Bonchev–Trinajstić information content (AvgIpc) is 2.82. The molecule has 3 N–H and O–H groups in total. The van der Waals surface area contributed by atoms with Gasteiger partial charge in [0.25, 0.3) is 0 Å². The molecule has 6 rings (SSSR count). The highest BCUT2D eigenvalue weighted by molar-refractivity contribution is 7.15. The molecule has 4 saturated heterocycles. The van der Waals surface area contributed by atoms with E-state index in [-0.39, 0.29) is 17.4 Å². The summed E-state index contributed by atoms with van der Waals surface area (Å²) in [5, 5.41) is 3.99. The van der Waals surface area contributed by atoms with Gasteiger partial charge in [0.2, 0.25) is 5.91 Å². The average molecular weight is 398 g/mol. The van der Waals surface area contributed by atoms with Crippen LogP contribution in [0.25, 0.3) is 0 Å². The number of nitrogen functional groups attached to an aromatic ring is 1. The second-order valence-electron chi connectivity index (χ2n) is 8.54. The SMILES string of the molecule is Cc1nc(N)sc1CC(=O)NC1C2CN3CCN(C2)CC1(c1ccccc1)C3. The van der Waals surface area contributed by atoms with E-state index < -0.39 is 0 Å². The van der Waals surface area contributed by atoms with Gasteiger partial charge >= 0.3 is 0 Å². The fraction of sp³-hybridized carbons (Fsp3) is 0.524. The van der Waals surface area contributed by atoms with E-state index in [1.54, 1.807) is 0 Å². The van der Waals surface area contributed by atoms with Crippen molar-refractivity contribution >= 4 is 22.4 Å². The molecule has 0 radical (unpaired) electrons. The number of hydrogen-bond acceptors (Lipinski definition) is 6. The highest BCUT2D eigenvalue weighted by Gasteiger charge is 2.55. The molecule has 4 bridgehead atoms. The number of aryl methyl sites for hydroxylation is 1. The van der Waals surface area contributed by atoms with Crippen molar-refractivity contribution in [3.63, 3.8) is 0 Å². The first-order valence-corrected chi connectivity index (χ1v) is 10.9. The number of piperidine rings is 2. The van der Waals surface area contributed by atoms with Crippen molar-refractivity contribution in [2.75, 3.05) is 45.0 Å². The van der Waals surface area contributed by atoms with Crippen LogP contribution in [0.15, 0.2) is 30.3 Å². The van der Waals surface area contributed by atoms with E-state index in [9.17, 15) is 4.79 Å². The van der Waals surface area contributed by atoms with Gasteiger partial charge in [-0.3, -0.25) is 4.79 Å². The number of fused-ring (bicyclic) bond motifs is 1. The molecule has 1 aromatic heterocycles. The summed E-state index contributed by atoms with van der Waals surface area (Å²) in [4.78, 5) is 23.5. The lowest BCUT2D eigenvalue weighted by Gasteiger charge is -2.55. The van der Waals surface area contributed by atoms with Crippen molar-refractivity contribution in [3.05, 3.63) is 46.5 Å². The van der Waals surface area contributed by atoms with Gasteiger partial charge in [-0.25, -0.2) is 4.98 Å². The maximum atomic E-state index is 13.0. The molecule has 4 fully saturated rings. The lowest BCUT2D eigenvalue weighted by atomic mass is 9.64. The largest absolute Gasteiger partial charge is 0.375 e. The molecule has 1 amide bonds. The zero-order chi connectivity index (χ0) is 19.3. The van der Waals surface area contributed by atoms with Crippen molar-refractivity contribution in [3.8, 4) is 0 Å². The standard InChI is InChI=1S/C21H27N5OS/c1-14-17(28-20(22)23-14)9-18(27)24-19-15-10-25-7-8-26(11-15)13-21(19,12-25)16-5-3-2-4-6-16/h2-6,15,19H,7-13H2,1H3,(H2,22,23)(H,24,27). The van der Waals surface area contributed by atoms with Crippen molar-refractivity contribution in [1.29, 1.82) is 0 Å². The number of nitrogens with zero attached hydrogens (tertiary/aromatic N) is 3. The second-order valence-corrected chi connectivity index (χ2v) is 9.65. The molecule has 1 aromatic carbocycles. The van der Waals surface area contributed by atoms with Crippen molar-refractivity contribution < 1.29 is 4.79 Å². The summed E-state index contributed by atoms with van der Waals surface area (Å²) >= 11 is 1.42. The minimum absolute atomic E-state index is 0.0453. The molecule has 5 heterocycles. The lowest BCUT2D eigenvalue weighted by Crippen LogP contribution is -2.70. The molecule has 28 heavy (non-hydrogen) atoms. The van der Waals surface area contributed by atoms with E-state index in [1.807, 2.05) is 6.92 Å². The Kier molecular flexibility index (Phi) is 4.41. The highest BCUT2D eigenvalue weighted by atomic mass is 32.1. The van der Waals surface area contributed by atoms with Crippen LogP contribution in [0.1, 0.15) is 16.1 Å². The number of hydrogen-bond donors (Lipinski definition) is 2. The summed E-state index contributed by atoms with van der Waals surface area (Å²) in [5.41, 5.74) is 7.99. The molecule has 0 spiro atoms. The number of nitrogens with two attached hydrogens (primary N) is 1. The minimum atomic E-state index is -0.0453. The third-order valence-electron chi connectivity index (χ3n) is 6.69. The maximum Gasteiger partial charge on any atom is 0.225 e. The second kappa shape index (κ2) is 6.83. The first-order chi connectivity index (χ1) is 13.5. The van der Waals surface area contributed by atoms with Crippen LogP contribution in [0.4, 0.5) is 5.13 Å². The number of carbonyl (C=O) groups excluding carboxylic acids is 1. The molecule has 0 saturated carbocycles. The van der Waals surface area contributed by atoms with E-state index in [4.69, 9.17) is 5.73 Å². The lowest BCUT2D eigenvalue weighted by molar-refractivity contribution is -0.123. The van der Waals surface area contributed by atoms with Gasteiger partial charge in [-0.15, -0.1) is 11.3 Å². The third-order valence-corrected chi connectivity index (χ3v) is 7.68. The van der Waals surface area contributed by atoms with Crippen molar-refractivity contribution in [2.45, 2.75) is 24.8 Å². The van der Waals surface area contributed by atoms with Gasteiger partial charge in [-0.05, 0) is 12.5 Å². The molecule has 7 heteroatoms. The van der Waals surface area contributed by atoms with Crippen molar-refractivity contribution in [2.24, 2.45) is 5.92 Å². The van der Waals surface area contributed by atoms with Crippen molar-refractivity contribution in [1.82, 2.24) is 20.1 Å². The molecular formula is C21H27N5OS. The topological polar surface area (TPSA) is 74.5 Å². The molecule has 148 valence electrons. The zero-order valence-electron chi connectivity index (χ0n) is 16.2. The van der Waals surface area contributed by atoms with Crippen LogP contribution in [0.5, 0.6) is 0 Å². The van der Waals surface area contributed by atoms with E-state index >= 15 is 0 Å². The number of benzene rings is 1. The van der Waals surface area contributed by atoms with Gasteiger partial charge in [0, 0.05) is 61.5 Å². The summed E-state index contributed by atoms with van der Waals surface area (Å²) in [7, 11) is 0. The van der Waals surface area contributed by atoms with Crippen LogP contribution in [-0.2, 0) is 16.6 Å². The Bertz CT molecular complexity index is 866. The number of aromatic nitrogens is 1. The Morgan fingerprint density at radius 2 is 1.93 bits per heavy atom. The number of amides is 1. The quantitative estimate of drug-likeness (QED) is 0.813. The predicted molar refractivity (Wildman–Crippen MR) is 111 cm³/mol. The molecule has 3 unspecified atom stereocenters. The first-order valence-electron chi connectivity index (χ1n) is 10.0. The molecule has 6 nitrogen and oxygen atoms in total. The fourth-order valence-electron chi connectivity index (χ4n) is 5.55. The van der Waals surface area contributed by atoms with E-state index in [0.29, 0.717) is 17.5 Å². The van der Waals surface area contributed by atoms with E-state index in [2.05, 4.69) is 50.4 Å². The van der Waals surface area contributed by atoms with Gasteiger partial charge in [0.05, 0.1) is 12.1 Å². The molecule has 0 aliphatic carbocycles. The van der Waals surface area contributed by atoms with Gasteiger partial charge < -0.3 is 20.9 Å². The smallest absolute Gasteiger partial charge is 0.225 e. The number of anilines is 1. The predicted octanol–water partition coefficient (Wildman–Crippen LogP) is 1.26. The number of thiazole rings is 1. The van der Waals surface area contributed by atoms with Crippen LogP contribution in [0, 0.1) is 12.8 Å². The molecule has 4 aliphatic heterocycles. The van der Waals surface area contributed by atoms with E-state index in [1.165, 1.54) is 16.9 Å². The van der Waals surface area contributed by atoms with Gasteiger partial charge in [-0.1, -0.05) is 30.3 Å². The molecular weight excluding hydrogens is 370 g/mol. The maximum absolute atomic E-state index is 13.0. The summed E-state index contributed by atoms with van der Waals surface area (Å²) in [6.07, 6.45) is 0.363. The van der Waals surface area contributed by atoms with Crippen LogP contribution in [-0.4, -0.2) is 66.0 Å². The third kappa shape index (κ3) is 3.02. The number of carbonyl (C=O) groups is 1. The first kappa shape index (κ1) is 18.1. The Labute approximate surface area is 169 Å². The number of rotatable bonds is 4. The summed E-state index contributed by atoms with van der Waals surface area (Å²) in [6, 6.07) is 11.0. The summed E-state index contributed by atoms with van der Waals surface area (Å²) < 4.78 is 0. The minimum Gasteiger partial charge on any atom is -0.375 e. The Hall–Kier alpha value is -1.96. The van der Waals surface area contributed by atoms with Gasteiger partial charge in [-0.2, -0.15) is 0 Å². The molecule has 4 aliphatic rings. The van der Waals surface area contributed by atoms with Crippen LogP contribution >= 0.6 is 11.3 Å². The van der Waals surface area contributed by atoms with Crippen LogP contribution in [0.3, 0.4) is 0 Å². The summed E-state index contributed by atoms with van der Waals surface area (Å²) in [6.45, 7) is 8.36. The highest BCUT2D eigenvalue weighted by Crippen LogP contribution is 2.43. The summed E-state index contributed by atoms with van der Waals surface area (Å²) in [5.74, 6) is 0.546. The molecule has 2 aromatic rings. The number of nitrogens with one attached hydrogen (secondary N) is 1.